The number of aliphatic carboxylic acids is 1. The maximum Gasteiger partial charge on any atom is 0.303 e. The quantitative estimate of drug-likeness (QED) is 0.729. The standard InChI is InChI=1S/C19H28N2O4/c1-15-6-5-7-17(14-15)25-16(2)19(24)21-12-10-20(11-13-21)9-4-3-8-18(22)23/h5-7,14,16H,3-4,8-13H2,1-2H3,(H,22,23). The molecule has 0 saturated carbocycles. The number of benzene rings is 1. The highest BCUT2D eigenvalue weighted by atomic mass is 16.5. The van der Waals surface area contributed by atoms with Gasteiger partial charge in [-0.15, -0.1) is 0 Å². The average Bonchev–Trinajstić information content (AvgIpc) is 2.58. The lowest BCUT2D eigenvalue weighted by atomic mass is 10.2. The molecule has 1 amide bonds. The van der Waals surface area contributed by atoms with Crippen LogP contribution in [0.15, 0.2) is 24.3 Å². The summed E-state index contributed by atoms with van der Waals surface area (Å²) in [7, 11) is 0. The first-order valence-corrected chi connectivity index (χ1v) is 8.92. The summed E-state index contributed by atoms with van der Waals surface area (Å²) in [6.45, 7) is 7.73. The molecule has 1 fully saturated rings. The number of piperazine rings is 1. The summed E-state index contributed by atoms with van der Waals surface area (Å²) in [6.07, 6.45) is 1.32. The summed E-state index contributed by atoms with van der Waals surface area (Å²) < 4.78 is 5.78. The van der Waals surface area contributed by atoms with Crippen molar-refractivity contribution in [1.82, 2.24) is 9.80 Å². The number of ether oxygens (including phenoxy) is 1. The Kier molecular flexibility index (Phi) is 7.25. The first kappa shape index (κ1) is 19.2. The van der Waals surface area contributed by atoms with E-state index in [0.29, 0.717) is 19.5 Å². The molecule has 1 unspecified atom stereocenters. The van der Waals surface area contributed by atoms with Crippen molar-refractivity contribution < 1.29 is 19.4 Å². The molecule has 6 nitrogen and oxygen atoms in total. The molecule has 1 saturated heterocycles. The summed E-state index contributed by atoms with van der Waals surface area (Å²) in [5.41, 5.74) is 1.11. The van der Waals surface area contributed by atoms with Gasteiger partial charge in [0.15, 0.2) is 6.10 Å². The second-order valence-electron chi connectivity index (χ2n) is 6.59. The molecule has 0 bridgehead atoms. The van der Waals surface area contributed by atoms with Crippen LogP contribution in [0.5, 0.6) is 5.75 Å². The Morgan fingerprint density at radius 3 is 2.56 bits per heavy atom. The Hall–Kier alpha value is -2.08. The number of carboxylic acids is 1. The molecule has 1 aliphatic heterocycles. The molecule has 138 valence electrons. The minimum absolute atomic E-state index is 0.0204. The maximum atomic E-state index is 12.5. The number of hydrogen-bond donors (Lipinski definition) is 1. The Balaban J connectivity index is 1.72. The van der Waals surface area contributed by atoms with Gasteiger partial charge in [-0.25, -0.2) is 0 Å². The van der Waals surface area contributed by atoms with E-state index in [9.17, 15) is 9.59 Å². The zero-order valence-electron chi connectivity index (χ0n) is 15.1. The molecule has 25 heavy (non-hydrogen) atoms. The van der Waals surface area contributed by atoms with Crippen LogP contribution in [0, 0.1) is 6.92 Å². The van der Waals surface area contributed by atoms with Crippen LogP contribution < -0.4 is 4.74 Å². The molecular formula is C19H28N2O4. The van der Waals surface area contributed by atoms with Crippen LogP contribution in [0.3, 0.4) is 0 Å². The van der Waals surface area contributed by atoms with E-state index in [4.69, 9.17) is 9.84 Å². The normalized spacial score (nSPS) is 16.5. The van der Waals surface area contributed by atoms with E-state index < -0.39 is 12.1 Å². The summed E-state index contributed by atoms with van der Waals surface area (Å²) in [4.78, 5) is 27.2. The van der Waals surface area contributed by atoms with Crippen molar-refractivity contribution >= 4 is 11.9 Å². The number of nitrogens with zero attached hydrogens (tertiary/aromatic N) is 2. The molecule has 1 aromatic rings. The fraction of sp³-hybridized carbons (Fsp3) is 0.579. The van der Waals surface area contributed by atoms with Crippen molar-refractivity contribution in [2.45, 2.75) is 39.2 Å². The van der Waals surface area contributed by atoms with E-state index in [-0.39, 0.29) is 12.3 Å². The van der Waals surface area contributed by atoms with Gasteiger partial charge < -0.3 is 14.7 Å². The Bertz CT molecular complexity index is 583. The van der Waals surface area contributed by atoms with E-state index in [1.165, 1.54) is 0 Å². The number of aryl methyl sites for hydroxylation is 1. The molecule has 1 atom stereocenters. The number of carbonyl (C=O) groups is 2. The second kappa shape index (κ2) is 9.42. The van der Waals surface area contributed by atoms with Gasteiger partial charge in [-0.2, -0.15) is 0 Å². The van der Waals surface area contributed by atoms with E-state index in [2.05, 4.69) is 4.90 Å². The molecule has 6 heteroatoms. The monoisotopic (exact) mass is 348 g/mol. The Morgan fingerprint density at radius 1 is 1.20 bits per heavy atom. The smallest absolute Gasteiger partial charge is 0.303 e. The first-order chi connectivity index (χ1) is 12.0. The van der Waals surface area contributed by atoms with Crippen LogP contribution in [0.25, 0.3) is 0 Å². The van der Waals surface area contributed by atoms with Crippen molar-refractivity contribution in [3.05, 3.63) is 29.8 Å². The summed E-state index contributed by atoms with van der Waals surface area (Å²) in [5.74, 6) is 0.00274. The second-order valence-corrected chi connectivity index (χ2v) is 6.59. The Morgan fingerprint density at radius 2 is 1.92 bits per heavy atom. The molecule has 0 aliphatic carbocycles. The van der Waals surface area contributed by atoms with Crippen LogP contribution in [0.1, 0.15) is 31.7 Å². The van der Waals surface area contributed by atoms with Gasteiger partial charge in [0, 0.05) is 32.6 Å². The number of carbonyl (C=O) groups excluding carboxylic acids is 1. The van der Waals surface area contributed by atoms with E-state index in [1.54, 1.807) is 6.92 Å². The van der Waals surface area contributed by atoms with Gasteiger partial charge in [0.1, 0.15) is 5.75 Å². The zero-order valence-corrected chi connectivity index (χ0v) is 15.1. The molecule has 1 heterocycles. The summed E-state index contributed by atoms with van der Waals surface area (Å²) in [6, 6.07) is 7.71. The van der Waals surface area contributed by atoms with Crippen LogP contribution in [0.2, 0.25) is 0 Å². The van der Waals surface area contributed by atoms with E-state index >= 15 is 0 Å². The van der Waals surface area contributed by atoms with Gasteiger partial charge in [0.05, 0.1) is 0 Å². The van der Waals surface area contributed by atoms with Crippen molar-refractivity contribution in [1.29, 1.82) is 0 Å². The maximum absolute atomic E-state index is 12.5. The van der Waals surface area contributed by atoms with Gasteiger partial charge in [-0.3, -0.25) is 14.5 Å². The van der Waals surface area contributed by atoms with Crippen molar-refractivity contribution in [3.63, 3.8) is 0 Å². The number of rotatable bonds is 8. The van der Waals surface area contributed by atoms with Gasteiger partial charge >= 0.3 is 5.97 Å². The predicted octanol–water partition coefficient (Wildman–Crippen LogP) is 2.16. The minimum Gasteiger partial charge on any atom is -0.481 e. The van der Waals surface area contributed by atoms with Crippen LogP contribution in [-0.4, -0.2) is 65.6 Å². The van der Waals surface area contributed by atoms with Crippen LogP contribution >= 0.6 is 0 Å². The number of carboxylic acid groups (broad SMARTS) is 1. The van der Waals surface area contributed by atoms with Gasteiger partial charge in [0.25, 0.3) is 5.91 Å². The molecule has 1 N–H and O–H groups in total. The molecular weight excluding hydrogens is 320 g/mol. The topological polar surface area (TPSA) is 70.1 Å². The third-order valence-electron chi connectivity index (χ3n) is 4.45. The first-order valence-electron chi connectivity index (χ1n) is 8.92. The van der Waals surface area contributed by atoms with Crippen molar-refractivity contribution in [2.24, 2.45) is 0 Å². The average molecular weight is 348 g/mol. The van der Waals surface area contributed by atoms with E-state index in [1.807, 2.05) is 36.1 Å². The van der Waals surface area contributed by atoms with Gasteiger partial charge in [-0.05, 0) is 50.9 Å². The van der Waals surface area contributed by atoms with Crippen molar-refractivity contribution in [3.8, 4) is 5.75 Å². The minimum atomic E-state index is -0.738. The third-order valence-corrected chi connectivity index (χ3v) is 4.45. The molecule has 0 aromatic heterocycles. The van der Waals surface area contributed by atoms with Crippen molar-refractivity contribution in [2.75, 3.05) is 32.7 Å². The summed E-state index contributed by atoms with van der Waals surface area (Å²) >= 11 is 0. The number of hydrogen-bond acceptors (Lipinski definition) is 4. The highest BCUT2D eigenvalue weighted by Gasteiger charge is 2.25. The molecule has 0 spiro atoms. The fourth-order valence-electron chi connectivity index (χ4n) is 3.00. The highest BCUT2D eigenvalue weighted by molar-refractivity contribution is 5.81. The van der Waals surface area contributed by atoms with Gasteiger partial charge in [-0.1, -0.05) is 12.1 Å². The molecule has 0 radical (unpaired) electrons. The molecule has 1 aliphatic rings. The fourth-order valence-corrected chi connectivity index (χ4v) is 3.00. The largest absolute Gasteiger partial charge is 0.481 e. The van der Waals surface area contributed by atoms with Crippen LogP contribution in [-0.2, 0) is 9.59 Å². The molecule has 1 aromatic carbocycles. The zero-order chi connectivity index (χ0) is 18.2. The van der Waals surface area contributed by atoms with E-state index in [0.717, 1.165) is 37.4 Å². The van der Waals surface area contributed by atoms with Crippen LogP contribution in [0.4, 0.5) is 0 Å². The lowest BCUT2D eigenvalue weighted by Crippen LogP contribution is -2.52. The highest BCUT2D eigenvalue weighted by Crippen LogP contribution is 2.15. The predicted molar refractivity (Wildman–Crippen MR) is 95.8 cm³/mol. The Labute approximate surface area is 149 Å². The lowest BCUT2D eigenvalue weighted by Gasteiger charge is -2.35. The lowest BCUT2D eigenvalue weighted by molar-refractivity contribution is -0.140. The number of amides is 1. The SMILES string of the molecule is Cc1cccc(OC(C)C(=O)N2CCN(CCCCC(=O)O)CC2)c1. The summed E-state index contributed by atoms with van der Waals surface area (Å²) in [5, 5.41) is 8.65. The molecule has 2 rings (SSSR count). The third kappa shape index (κ3) is 6.38. The number of unbranched alkanes of at least 4 members (excludes halogenated alkanes) is 1. The van der Waals surface area contributed by atoms with Gasteiger partial charge in [0.2, 0.25) is 0 Å².